The van der Waals surface area contributed by atoms with Crippen LogP contribution in [0.2, 0.25) is 0 Å². The summed E-state index contributed by atoms with van der Waals surface area (Å²) in [5.74, 6) is -3.65. The SMILES string of the molecule is N#CCC1=NCCc2ccccc21.O=C(O)C(=O)O. The quantitative estimate of drug-likeness (QED) is 0.734. The predicted octanol–water partition coefficient (Wildman–Crippen LogP) is 1.10. The van der Waals surface area contributed by atoms with Crippen molar-refractivity contribution in [1.29, 1.82) is 5.26 Å². The summed E-state index contributed by atoms with van der Waals surface area (Å²) >= 11 is 0. The van der Waals surface area contributed by atoms with E-state index in [-0.39, 0.29) is 0 Å². The smallest absolute Gasteiger partial charge is 0.414 e. The molecule has 0 radical (unpaired) electrons. The summed E-state index contributed by atoms with van der Waals surface area (Å²) in [6, 6.07) is 10.3. The molecule has 0 saturated heterocycles. The van der Waals surface area contributed by atoms with Crippen LogP contribution in [0, 0.1) is 11.3 Å². The Morgan fingerprint density at radius 1 is 1.26 bits per heavy atom. The van der Waals surface area contributed by atoms with Crippen LogP contribution in [-0.4, -0.2) is 34.4 Å². The Hall–Kier alpha value is -2.68. The van der Waals surface area contributed by atoms with E-state index in [1.165, 1.54) is 5.56 Å². The standard InChI is InChI=1S/C11H10N2.C2H2O4/c12-7-5-11-10-4-2-1-3-9(10)6-8-13-11;3-1(4)2(5)6/h1-4H,5-6,8H2;(H,3,4)(H,5,6). The molecule has 19 heavy (non-hydrogen) atoms. The molecule has 1 aromatic rings. The number of aliphatic imine (C=N–C) groups is 1. The zero-order valence-corrected chi connectivity index (χ0v) is 10.0. The number of carboxylic acids is 2. The second-order valence-corrected chi connectivity index (χ2v) is 3.68. The van der Waals surface area contributed by atoms with E-state index in [0.29, 0.717) is 6.42 Å². The van der Waals surface area contributed by atoms with Gasteiger partial charge in [0, 0.05) is 6.54 Å². The van der Waals surface area contributed by atoms with Gasteiger partial charge in [0.2, 0.25) is 0 Å². The highest BCUT2D eigenvalue weighted by Gasteiger charge is 2.11. The molecule has 0 fully saturated rings. The molecule has 0 saturated carbocycles. The van der Waals surface area contributed by atoms with E-state index in [2.05, 4.69) is 17.1 Å². The van der Waals surface area contributed by atoms with E-state index in [0.717, 1.165) is 24.2 Å². The molecule has 0 aromatic heterocycles. The number of nitrogens with zero attached hydrogens (tertiary/aromatic N) is 2. The van der Waals surface area contributed by atoms with E-state index in [4.69, 9.17) is 25.1 Å². The highest BCUT2D eigenvalue weighted by molar-refractivity contribution is 6.27. The van der Waals surface area contributed by atoms with Crippen LogP contribution in [0.25, 0.3) is 0 Å². The lowest BCUT2D eigenvalue weighted by Gasteiger charge is -2.14. The first kappa shape index (κ1) is 14.4. The van der Waals surface area contributed by atoms with Crippen molar-refractivity contribution in [2.45, 2.75) is 12.8 Å². The predicted molar refractivity (Wildman–Crippen MR) is 67.1 cm³/mol. The molecule has 6 nitrogen and oxygen atoms in total. The highest BCUT2D eigenvalue weighted by Crippen LogP contribution is 2.16. The van der Waals surface area contributed by atoms with Gasteiger partial charge in [-0.1, -0.05) is 24.3 Å². The summed E-state index contributed by atoms with van der Waals surface area (Å²) in [5, 5.41) is 23.4. The third-order valence-corrected chi connectivity index (χ3v) is 2.44. The van der Waals surface area contributed by atoms with Crippen LogP contribution < -0.4 is 0 Å². The molecule has 1 heterocycles. The Labute approximate surface area is 109 Å². The maximum atomic E-state index is 9.10. The lowest BCUT2D eigenvalue weighted by molar-refractivity contribution is -0.159. The fraction of sp³-hybridized carbons (Fsp3) is 0.231. The molecule has 0 unspecified atom stereocenters. The van der Waals surface area contributed by atoms with Gasteiger partial charge in [-0.25, -0.2) is 9.59 Å². The Morgan fingerprint density at radius 2 is 1.89 bits per heavy atom. The molecule has 1 aliphatic rings. The number of nitriles is 1. The number of carbonyl (C=O) groups is 2. The number of hydrogen-bond donors (Lipinski definition) is 2. The number of carboxylic acid groups (broad SMARTS) is 2. The number of aliphatic carboxylic acids is 2. The van der Waals surface area contributed by atoms with Crippen molar-refractivity contribution in [3.63, 3.8) is 0 Å². The van der Waals surface area contributed by atoms with Crippen LogP contribution in [0.4, 0.5) is 0 Å². The van der Waals surface area contributed by atoms with Crippen LogP contribution in [0.5, 0.6) is 0 Å². The van der Waals surface area contributed by atoms with Gasteiger partial charge in [0.25, 0.3) is 0 Å². The number of fused-ring (bicyclic) bond motifs is 1. The minimum atomic E-state index is -1.82. The first-order valence-electron chi connectivity index (χ1n) is 5.51. The molecular weight excluding hydrogens is 248 g/mol. The molecule has 2 N–H and O–H groups in total. The summed E-state index contributed by atoms with van der Waals surface area (Å²) in [4.78, 5) is 22.6. The third-order valence-electron chi connectivity index (χ3n) is 2.44. The largest absolute Gasteiger partial charge is 0.473 e. The van der Waals surface area contributed by atoms with Gasteiger partial charge < -0.3 is 10.2 Å². The normalized spacial score (nSPS) is 12.1. The van der Waals surface area contributed by atoms with Gasteiger partial charge in [-0.15, -0.1) is 0 Å². The van der Waals surface area contributed by atoms with Crippen LogP contribution in [0.3, 0.4) is 0 Å². The Kier molecular flexibility index (Phi) is 5.23. The highest BCUT2D eigenvalue weighted by atomic mass is 16.4. The zero-order valence-electron chi connectivity index (χ0n) is 10.0. The Bertz CT molecular complexity index is 546. The second-order valence-electron chi connectivity index (χ2n) is 3.68. The number of hydrogen-bond acceptors (Lipinski definition) is 4. The van der Waals surface area contributed by atoms with Crippen LogP contribution in [-0.2, 0) is 16.0 Å². The zero-order chi connectivity index (χ0) is 14.3. The molecule has 98 valence electrons. The summed E-state index contributed by atoms with van der Waals surface area (Å²) in [6.07, 6.45) is 1.43. The van der Waals surface area contributed by atoms with Gasteiger partial charge in [-0.2, -0.15) is 5.26 Å². The van der Waals surface area contributed by atoms with E-state index in [1.807, 2.05) is 18.2 Å². The maximum Gasteiger partial charge on any atom is 0.414 e. The van der Waals surface area contributed by atoms with Gasteiger partial charge in [-0.3, -0.25) is 4.99 Å². The second kappa shape index (κ2) is 6.91. The van der Waals surface area contributed by atoms with Crippen LogP contribution in [0.1, 0.15) is 17.5 Å². The molecule has 1 aromatic carbocycles. The number of rotatable bonds is 1. The fourth-order valence-electron chi connectivity index (χ4n) is 1.64. The average Bonchev–Trinajstić information content (AvgIpc) is 2.40. The van der Waals surface area contributed by atoms with Crippen molar-refractivity contribution >= 4 is 17.7 Å². The lowest BCUT2D eigenvalue weighted by atomic mass is 9.96. The van der Waals surface area contributed by atoms with Crippen molar-refractivity contribution in [2.75, 3.05) is 6.54 Å². The summed E-state index contributed by atoms with van der Waals surface area (Å²) in [6.45, 7) is 0.827. The molecule has 1 aliphatic heterocycles. The van der Waals surface area contributed by atoms with Crippen LogP contribution >= 0.6 is 0 Å². The molecule has 0 amide bonds. The molecule has 0 aliphatic carbocycles. The molecule has 0 spiro atoms. The number of benzene rings is 1. The summed E-state index contributed by atoms with van der Waals surface area (Å²) in [5.41, 5.74) is 3.43. The monoisotopic (exact) mass is 260 g/mol. The Balaban J connectivity index is 0.000000258. The summed E-state index contributed by atoms with van der Waals surface area (Å²) < 4.78 is 0. The minimum Gasteiger partial charge on any atom is -0.473 e. The van der Waals surface area contributed by atoms with E-state index >= 15 is 0 Å². The first-order chi connectivity index (χ1) is 9.06. The van der Waals surface area contributed by atoms with E-state index in [1.54, 1.807) is 0 Å². The molecule has 6 heteroatoms. The van der Waals surface area contributed by atoms with Crippen molar-refractivity contribution < 1.29 is 19.8 Å². The van der Waals surface area contributed by atoms with Gasteiger partial charge in [0.1, 0.15) is 0 Å². The molecular formula is C13H12N2O4. The molecule has 2 rings (SSSR count). The lowest BCUT2D eigenvalue weighted by Crippen LogP contribution is -2.11. The van der Waals surface area contributed by atoms with Crippen molar-refractivity contribution in [2.24, 2.45) is 4.99 Å². The van der Waals surface area contributed by atoms with Gasteiger partial charge >= 0.3 is 11.9 Å². The van der Waals surface area contributed by atoms with Crippen LogP contribution in [0.15, 0.2) is 29.3 Å². The molecule has 0 bridgehead atoms. The topological polar surface area (TPSA) is 111 Å². The summed E-state index contributed by atoms with van der Waals surface area (Å²) in [7, 11) is 0. The Morgan fingerprint density at radius 3 is 2.47 bits per heavy atom. The first-order valence-corrected chi connectivity index (χ1v) is 5.51. The average molecular weight is 260 g/mol. The van der Waals surface area contributed by atoms with E-state index < -0.39 is 11.9 Å². The molecule has 0 atom stereocenters. The van der Waals surface area contributed by atoms with Crippen molar-refractivity contribution in [3.05, 3.63) is 35.4 Å². The van der Waals surface area contributed by atoms with Gasteiger partial charge in [0.05, 0.1) is 18.2 Å². The van der Waals surface area contributed by atoms with Gasteiger partial charge in [0.15, 0.2) is 0 Å². The van der Waals surface area contributed by atoms with Gasteiger partial charge in [-0.05, 0) is 17.5 Å². The van der Waals surface area contributed by atoms with Crippen molar-refractivity contribution in [1.82, 2.24) is 0 Å². The van der Waals surface area contributed by atoms with E-state index in [9.17, 15) is 0 Å². The minimum absolute atomic E-state index is 0.428. The fourth-order valence-corrected chi connectivity index (χ4v) is 1.64. The van der Waals surface area contributed by atoms with Crippen molar-refractivity contribution in [3.8, 4) is 6.07 Å². The third kappa shape index (κ3) is 4.24. The maximum absolute atomic E-state index is 9.10.